The Bertz CT molecular complexity index is 653. The molecule has 23 heavy (non-hydrogen) atoms. The molecule has 0 aromatic heterocycles. The molecule has 0 saturated heterocycles. The van der Waals surface area contributed by atoms with E-state index in [1.165, 1.54) is 18.2 Å². The van der Waals surface area contributed by atoms with Crippen molar-refractivity contribution in [3.63, 3.8) is 0 Å². The highest BCUT2D eigenvalue weighted by Gasteiger charge is 2.19. The third-order valence-electron chi connectivity index (χ3n) is 3.69. The van der Waals surface area contributed by atoms with E-state index in [2.05, 4.69) is 0 Å². The predicted molar refractivity (Wildman–Crippen MR) is 89.1 cm³/mol. The van der Waals surface area contributed by atoms with Gasteiger partial charge >= 0.3 is 0 Å². The molecule has 0 spiro atoms. The number of aliphatic hydroxyl groups excluding tert-OH is 1. The summed E-state index contributed by atoms with van der Waals surface area (Å²) >= 11 is 0. The van der Waals surface area contributed by atoms with Crippen LogP contribution in [-0.2, 0) is 4.79 Å². The molecule has 3 nitrogen and oxygen atoms in total. The second-order valence-electron chi connectivity index (χ2n) is 5.27. The lowest BCUT2D eigenvalue weighted by atomic mass is 10.0. The number of rotatable bonds is 6. The van der Waals surface area contributed by atoms with Crippen molar-refractivity contribution < 1.29 is 14.3 Å². The van der Waals surface area contributed by atoms with Crippen LogP contribution in [0, 0.1) is 5.82 Å². The molecule has 1 amide bonds. The normalized spacial score (nSPS) is 12.3. The summed E-state index contributed by atoms with van der Waals surface area (Å²) in [5.41, 5.74) is 1.74. The molecule has 2 aromatic carbocycles. The summed E-state index contributed by atoms with van der Waals surface area (Å²) in [6, 6.07) is 15.4. The van der Waals surface area contributed by atoms with Gasteiger partial charge in [0.1, 0.15) is 5.82 Å². The summed E-state index contributed by atoms with van der Waals surface area (Å²) in [4.78, 5) is 14.0. The molecule has 0 bridgehead atoms. The van der Waals surface area contributed by atoms with E-state index in [-0.39, 0.29) is 24.4 Å². The van der Waals surface area contributed by atoms with Gasteiger partial charge in [-0.25, -0.2) is 4.39 Å². The van der Waals surface area contributed by atoms with Crippen molar-refractivity contribution >= 4 is 12.0 Å². The number of hydrogen-bond donors (Lipinski definition) is 1. The first-order valence-electron chi connectivity index (χ1n) is 7.48. The Labute approximate surface area is 135 Å². The molecule has 120 valence electrons. The maximum absolute atomic E-state index is 12.9. The third-order valence-corrected chi connectivity index (χ3v) is 3.69. The lowest BCUT2D eigenvalue weighted by molar-refractivity contribution is -0.127. The molecule has 1 unspecified atom stereocenters. The van der Waals surface area contributed by atoms with Crippen molar-refractivity contribution in [2.75, 3.05) is 13.7 Å². The van der Waals surface area contributed by atoms with Gasteiger partial charge in [0, 0.05) is 19.7 Å². The van der Waals surface area contributed by atoms with Gasteiger partial charge in [0.2, 0.25) is 5.91 Å². The summed E-state index contributed by atoms with van der Waals surface area (Å²) in [6.45, 7) is -0.00113. The Morgan fingerprint density at radius 2 is 1.83 bits per heavy atom. The van der Waals surface area contributed by atoms with E-state index in [4.69, 9.17) is 0 Å². The molecule has 0 radical (unpaired) electrons. The lowest BCUT2D eigenvalue weighted by Crippen LogP contribution is -2.30. The predicted octanol–water partition coefficient (Wildman–Crippen LogP) is 3.42. The Morgan fingerprint density at radius 3 is 2.43 bits per heavy atom. The van der Waals surface area contributed by atoms with Gasteiger partial charge in [-0.05, 0) is 35.8 Å². The molecule has 0 fully saturated rings. The van der Waals surface area contributed by atoms with Crippen LogP contribution in [0.15, 0.2) is 60.7 Å². The highest BCUT2D eigenvalue weighted by atomic mass is 19.1. The molecule has 0 aliphatic carbocycles. The number of likely N-dealkylation sites (N-methyl/N-ethyl adjacent to an activating group) is 1. The first-order valence-corrected chi connectivity index (χ1v) is 7.48. The van der Waals surface area contributed by atoms with Gasteiger partial charge in [-0.2, -0.15) is 0 Å². The second-order valence-corrected chi connectivity index (χ2v) is 5.27. The summed E-state index contributed by atoms with van der Waals surface area (Å²) in [5, 5.41) is 9.27. The minimum absolute atomic E-state index is 0.00113. The van der Waals surface area contributed by atoms with Crippen LogP contribution in [0.4, 0.5) is 4.39 Å². The van der Waals surface area contributed by atoms with Crippen LogP contribution in [0.25, 0.3) is 6.08 Å². The quantitative estimate of drug-likeness (QED) is 0.830. The van der Waals surface area contributed by atoms with E-state index in [1.54, 1.807) is 30.2 Å². The van der Waals surface area contributed by atoms with Crippen LogP contribution in [0.5, 0.6) is 0 Å². The van der Waals surface area contributed by atoms with E-state index in [0.717, 1.165) is 11.1 Å². The van der Waals surface area contributed by atoms with Gasteiger partial charge in [-0.1, -0.05) is 42.5 Å². The number of hydrogen-bond acceptors (Lipinski definition) is 2. The van der Waals surface area contributed by atoms with Gasteiger partial charge in [-0.15, -0.1) is 0 Å². The van der Waals surface area contributed by atoms with Crippen LogP contribution in [0.1, 0.15) is 23.6 Å². The minimum Gasteiger partial charge on any atom is -0.396 e. The highest BCUT2D eigenvalue weighted by molar-refractivity contribution is 5.91. The Morgan fingerprint density at radius 1 is 1.17 bits per heavy atom. The zero-order valence-corrected chi connectivity index (χ0v) is 13.0. The topological polar surface area (TPSA) is 40.5 Å². The molecular weight excluding hydrogens is 293 g/mol. The van der Waals surface area contributed by atoms with Gasteiger partial charge in [0.25, 0.3) is 0 Å². The molecule has 1 N–H and O–H groups in total. The average Bonchev–Trinajstić information content (AvgIpc) is 2.59. The standard InChI is InChI=1S/C19H20FNO2/c1-21(18(13-14-22)16-5-3-2-4-6-16)19(23)12-9-15-7-10-17(20)11-8-15/h2-12,18,22H,13-14H2,1H3/b12-9+. The van der Waals surface area contributed by atoms with Crippen molar-refractivity contribution in [1.29, 1.82) is 0 Å². The van der Waals surface area contributed by atoms with E-state index in [0.29, 0.717) is 6.42 Å². The van der Waals surface area contributed by atoms with Crippen LogP contribution in [0.2, 0.25) is 0 Å². The zero-order valence-electron chi connectivity index (χ0n) is 13.0. The van der Waals surface area contributed by atoms with Gasteiger partial charge in [0.15, 0.2) is 0 Å². The van der Waals surface area contributed by atoms with Crippen LogP contribution in [-0.4, -0.2) is 29.6 Å². The Hall–Kier alpha value is -2.46. The first kappa shape index (κ1) is 16.9. The van der Waals surface area contributed by atoms with Crippen molar-refractivity contribution in [3.05, 3.63) is 77.6 Å². The molecule has 0 heterocycles. The number of carbonyl (C=O) groups excluding carboxylic acids is 1. The molecule has 0 saturated carbocycles. The summed E-state index contributed by atoms with van der Waals surface area (Å²) < 4.78 is 12.9. The lowest BCUT2D eigenvalue weighted by Gasteiger charge is -2.27. The van der Waals surface area contributed by atoms with Gasteiger partial charge in [-0.3, -0.25) is 4.79 Å². The molecule has 2 aromatic rings. The molecule has 4 heteroatoms. The maximum Gasteiger partial charge on any atom is 0.246 e. The fourth-order valence-corrected chi connectivity index (χ4v) is 2.39. The Balaban J connectivity index is 2.11. The zero-order chi connectivity index (χ0) is 16.7. The fourth-order valence-electron chi connectivity index (χ4n) is 2.39. The molecular formula is C19H20FNO2. The summed E-state index contributed by atoms with van der Waals surface area (Å²) in [5.74, 6) is -0.477. The highest BCUT2D eigenvalue weighted by Crippen LogP contribution is 2.23. The fraction of sp³-hybridized carbons (Fsp3) is 0.211. The van der Waals surface area contributed by atoms with E-state index < -0.39 is 0 Å². The van der Waals surface area contributed by atoms with Crippen LogP contribution < -0.4 is 0 Å². The number of aliphatic hydroxyl groups is 1. The monoisotopic (exact) mass is 313 g/mol. The van der Waals surface area contributed by atoms with Crippen LogP contribution in [0.3, 0.4) is 0 Å². The van der Waals surface area contributed by atoms with Gasteiger partial charge < -0.3 is 10.0 Å². The number of amides is 1. The van der Waals surface area contributed by atoms with Crippen LogP contribution >= 0.6 is 0 Å². The first-order chi connectivity index (χ1) is 11.1. The Kier molecular flexibility index (Phi) is 6.06. The molecule has 0 aliphatic heterocycles. The average molecular weight is 313 g/mol. The largest absolute Gasteiger partial charge is 0.396 e. The number of carbonyl (C=O) groups is 1. The van der Waals surface area contributed by atoms with Crippen molar-refractivity contribution in [2.24, 2.45) is 0 Å². The van der Waals surface area contributed by atoms with E-state index >= 15 is 0 Å². The van der Waals surface area contributed by atoms with Crippen molar-refractivity contribution in [1.82, 2.24) is 4.90 Å². The third kappa shape index (κ3) is 4.76. The SMILES string of the molecule is CN(C(=O)/C=C/c1ccc(F)cc1)C(CCO)c1ccccc1. The number of nitrogens with zero attached hydrogens (tertiary/aromatic N) is 1. The van der Waals surface area contributed by atoms with Crippen molar-refractivity contribution in [2.45, 2.75) is 12.5 Å². The summed E-state index contributed by atoms with van der Waals surface area (Å²) in [7, 11) is 1.71. The van der Waals surface area contributed by atoms with Gasteiger partial charge in [0.05, 0.1) is 6.04 Å². The number of benzene rings is 2. The number of halogens is 1. The molecule has 2 rings (SSSR count). The second kappa shape index (κ2) is 8.25. The minimum atomic E-state index is -0.308. The van der Waals surface area contributed by atoms with E-state index in [1.807, 2.05) is 30.3 Å². The van der Waals surface area contributed by atoms with Crippen molar-refractivity contribution in [3.8, 4) is 0 Å². The smallest absolute Gasteiger partial charge is 0.246 e. The summed E-state index contributed by atoms with van der Waals surface area (Å²) in [6.07, 6.45) is 3.58. The maximum atomic E-state index is 12.9. The molecule has 0 aliphatic rings. The molecule has 1 atom stereocenters. The van der Waals surface area contributed by atoms with E-state index in [9.17, 15) is 14.3 Å².